The summed E-state index contributed by atoms with van der Waals surface area (Å²) in [6, 6.07) is 14.4. The summed E-state index contributed by atoms with van der Waals surface area (Å²) in [6.07, 6.45) is 4.82. The van der Waals surface area contributed by atoms with Crippen molar-refractivity contribution in [3.63, 3.8) is 0 Å². The summed E-state index contributed by atoms with van der Waals surface area (Å²) < 4.78 is 1.95. The lowest BCUT2D eigenvalue weighted by Gasteiger charge is -2.15. The monoisotopic (exact) mass is 380 g/mol. The number of hydrogen-bond donors (Lipinski definition) is 1. The van der Waals surface area contributed by atoms with Gasteiger partial charge in [-0.25, -0.2) is 4.68 Å². The molecule has 1 aromatic carbocycles. The van der Waals surface area contributed by atoms with E-state index in [1.54, 1.807) is 11.3 Å². The average molecular weight is 381 g/mol. The maximum absolute atomic E-state index is 11.7. The van der Waals surface area contributed by atoms with Gasteiger partial charge in [0.2, 0.25) is 5.91 Å². The lowest BCUT2D eigenvalue weighted by Crippen LogP contribution is -2.28. The number of likely N-dealkylation sites (tertiary alicyclic amines) is 1. The third-order valence-corrected chi connectivity index (χ3v) is 5.71. The van der Waals surface area contributed by atoms with Gasteiger partial charge in [-0.3, -0.25) is 4.79 Å². The zero-order valence-corrected chi connectivity index (χ0v) is 16.1. The minimum Gasteiger partial charge on any atom is -0.343 e. The van der Waals surface area contributed by atoms with Crippen molar-refractivity contribution in [3.05, 3.63) is 59.6 Å². The normalized spacial score (nSPS) is 14.2. The first kappa shape index (κ1) is 17.9. The molecule has 0 aliphatic carbocycles. The number of amides is 1. The van der Waals surface area contributed by atoms with Crippen molar-refractivity contribution in [2.24, 2.45) is 0 Å². The summed E-state index contributed by atoms with van der Waals surface area (Å²) in [7, 11) is 0. The number of aromatic nitrogens is 2. The predicted molar refractivity (Wildman–Crippen MR) is 109 cm³/mol. The van der Waals surface area contributed by atoms with E-state index in [0.717, 1.165) is 56.8 Å². The minimum atomic E-state index is 0.305. The molecule has 3 heterocycles. The molecule has 0 spiro atoms. The first-order valence-electron chi connectivity index (χ1n) is 9.47. The van der Waals surface area contributed by atoms with Crippen LogP contribution >= 0.6 is 11.3 Å². The van der Waals surface area contributed by atoms with Gasteiger partial charge in [-0.15, -0.1) is 11.3 Å². The van der Waals surface area contributed by atoms with Gasteiger partial charge >= 0.3 is 0 Å². The van der Waals surface area contributed by atoms with Crippen LogP contribution < -0.4 is 5.32 Å². The molecule has 4 rings (SSSR count). The Morgan fingerprint density at radius 2 is 2.04 bits per heavy atom. The molecule has 5 nitrogen and oxygen atoms in total. The Balaban J connectivity index is 1.40. The van der Waals surface area contributed by atoms with Gasteiger partial charge in [-0.1, -0.05) is 24.3 Å². The SMILES string of the molecule is O=C1CCCN1CCCNCc1cn(-c2ccccc2)nc1-c1cccs1. The molecule has 1 saturated heterocycles. The van der Waals surface area contributed by atoms with Crippen molar-refractivity contribution in [1.82, 2.24) is 20.0 Å². The van der Waals surface area contributed by atoms with Gasteiger partial charge in [0, 0.05) is 37.8 Å². The zero-order chi connectivity index (χ0) is 18.5. The van der Waals surface area contributed by atoms with Gasteiger partial charge in [-0.05, 0) is 43.0 Å². The Kier molecular flexibility index (Phi) is 5.65. The number of nitrogens with zero attached hydrogens (tertiary/aromatic N) is 3. The quantitative estimate of drug-likeness (QED) is 0.606. The van der Waals surface area contributed by atoms with Crippen molar-refractivity contribution in [1.29, 1.82) is 0 Å². The van der Waals surface area contributed by atoms with Crippen LogP contribution in [0.4, 0.5) is 0 Å². The fraction of sp³-hybridized carbons (Fsp3) is 0.333. The highest BCUT2D eigenvalue weighted by Crippen LogP contribution is 2.27. The number of para-hydroxylation sites is 1. The van der Waals surface area contributed by atoms with Crippen LogP contribution in [0.5, 0.6) is 0 Å². The van der Waals surface area contributed by atoms with E-state index in [0.29, 0.717) is 5.91 Å². The van der Waals surface area contributed by atoms with Gasteiger partial charge in [-0.2, -0.15) is 5.10 Å². The smallest absolute Gasteiger partial charge is 0.222 e. The summed E-state index contributed by atoms with van der Waals surface area (Å²) >= 11 is 1.71. The molecular weight excluding hydrogens is 356 g/mol. The van der Waals surface area contributed by atoms with Gasteiger partial charge in [0.15, 0.2) is 0 Å². The highest BCUT2D eigenvalue weighted by Gasteiger charge is 2.19. The van der Waals surface area contributed by atoms with Crippen molar-refractivity contribution >= 4 is 17.2 Å². The molecule has 2 aromatic heterocycles. The highest BCUT2D eigenvalue weighted by atomic mass is 32.1. The molecule has 0 atom stereocenters. The van der Waals surface area contributed by atoms with Crippen LogP contribution in [0, 0.1) is 0 Å². The van der Waals surface area contributed by atoms with E-state index >= 15 is 0 Å². The number of carbonyl (C=O) groups is 1. The predicted octanol–water partition coefficient (Wildman–Crippen LogP) is 3.70. The minimum absolute atomic E-state index is 0.305. The molecule has 1 aliphatic heterocycles. The number of nitrogens with one attached hydrogen (secondary N) is 1. The summed E-state index contributed by atoms with van der Waals surface area (Å²) in [6.45, 7) is 3.44. The number of thiophene rings is 1. The third-order valence-electron chi connectivity index (χ3n) is 4.83. The molecule has 0 unspecified atom stereocenters. The van der Waals surface area contributed by atoms with Crippen LogP contribution in [-0.2, 0) is 11.3 Å². The van der Waals surface area contributed by atoms with Crippen molar-refractivity contribution in [2.45, 2.75) is 25.8 Å². The van der Waals surface area contributed by atoms with Crippen LogP contribution in [0.3, 0.4) is 0 Å². The summed E-state index contributed by atoms with van der Waals surface area (Å²) in [5.74, 6) is 0.305. The lowest BCUT2D eigenvalue weighted by molar-refractivity contribution is -0.127. The number of carbonyl (C=O) groups excluding carboxylic acids is 1. The van der Waals surface area contributed by atoms with Crippen molar-refractivity contribution < 1.29 is 4.79 Å². The van der Waals surface area contributed by atoms with Crippen molar-refractivity contribution in [2.75, 3.05) is 19.6 Å². The Morgan fingerprint density at radius 3 is 2.78 bits per heavy atom. The van der Waals surface area contributed by atoms with Crippen molar-refractivity contribution in [3.8, 4) is 16.3 Å². The van der Waals surface area contributed by atoms with E-state index < -0.39 is 0 Å². The molecule has 1 fully saturated rings. The van der Waals surface area contributed by atoms with Crippen LogP contribution in [0.25, 0.3) is 16.3 Å². The highest BCUT2D eigenvalue weighted by molar-refractivity contribution is 7.13. The summed E-state index contributed by atoms with van der Waals surface area (Å²) in [4.78, 5) is 14.8. The van der Waals surface area contributed by atoms with Gasteiger partial charge in [0.25, 0.3) is 0 Å². The second-order valence-corrected chi connectivity index (χ2v) is 7.72. The fourth-order valence-electron chi connectivity index (χ4n) is 3.43. The Bertz CT molecular complexity index is 873. The lowest BCUT2D eigenvalue weighted by atomic mass is 10.2. The molecule has 3 aromatic rings. The second kappa shape index (κ2) is 8.50. The van der Waals surface area contributed by atoms with Crippen LogP contribution in [0.1, 0.15) is 24.8 Å². The number of benzene rings is 1. The van der Waals surface area contributed by atoms with Crippen LogP contribution in [0.15, 0.2) is 54.0 Å². The Hall–Kier alpha value is -2.44. The molecule has 1 aliphatic rings. The average Bonchev–Trinajstić information content (AvgIpc) is 3.43. The molecule has 0 saturated carbocycles. The number of hydrogen-bond acceptors (Lipinski definition) is 4. The van der Waals surface area contributed by atoms with Gasteiger partial charge in [0.05, 0.1) is 10.6 Å². The Labute approximate surface area is 163 Å². The molecule has 6 heteroatoms. The van der Waals surface area contributed by atoms with Gasteiger partial charge < -0.3 is 10.2 Å². The molecule has 1 N–H and O–H groups in total. The van der Waals surface area contributed by atoms with E-state index in [-0.39, 0.29) is 0 Å². The molecule has 1 amide bonds. The topological polar surface area (TPSA) is 50.2 Å². The van der Waals surface area contributed by atoms with Crippen LogP contribution in [0.2, 0.25) is 0 Å². The molecular formula is C21H24N4OS. The van der Waals surface area contributed by atoms with E-state index in [9.17, 15) is 4.79 Å². The second-order valence-electron chi connectivity index (χ2n) is 6.78. The maximum Gasteiger partial charge on any atom is 0.222 e. The first-order valence-corrected chi connectivity index (χ1v) is 10.4. The van der Waals surface area contributed by atoms with E-state index in [2.05, 4.69) is 41.2 Å². The van der Waals surface area contributed by atoms with E-state index in [1.165, 1.54) is 10.4 Å². The van der Waals surface area contributed by atoms with Crippen LogP contribution in [-0.4, -0.2) is 40.2 Å². The number of rotatable bonds is 8. The summed E-state index contributed by atoms with van der Waals surface area (Å²) in [5.41, 5.74) is 3.30. The molecule has 0 bridgehead atoms. The first-order chi connectivity index (χ1) is 13.3. The standard InChI is InChI=1S/C21H24N4OS/c26-20-10-4-12-24(20)13-6-11-22-15-17-16-25(18-7-2-1-3-8-18)23-21(17)19-9-5-14-27-19/h1-3,5,7-9,14,16,22H,4,6,10-13,15H2. The van der Waals surface area contributed by atoms with E-state index in [1.807, 2.05) is 27.8 Å². The molecule has 140 valence electrons. The summed E-state index contributed by atoms with van der Waals surface area (Å²) in [5, 5.41) is 10.4. The third kappa shape index (κ3) is 4.28. The van der Waals surface area contributed by atoms with E-state index in [4.69, 9.17) is 5.10 Å². The molecule has 27 heavy (non-hydrogen) atoms. The Morgan fingerprint density at radius 1 is 1.15 bits per heavy atom. The zero-order valence-electron chi connectivity index (χ0n) is 15.3. The fourth-order valence-corrected chi connectivity index (χ4v) is 4.18. The largest absolute Gasteiger partial charge is 0.343 e. The molecule has 0 radical (unpaired) electrons. The van der Waals surface area contributed by atoms with Gasteiger partial charge in [0.1, 0.15) is 5.69 Å². The maximum atomic E-state index is 11.7.